The summed E-state index contributed by atoms with van der Waals surface area (Å²) in [5, 5.41) is 7.97. The molecule has 1 atom stereocenters. The Balaban J connectivity index is 1.78. The monoisotopic (exact) mass is 285 g/mol. The predicted molar refractivity (Wildman–Crippen MR) is 88.4 cm³/mol. The first-order valence-corrected chi connectivity index (χ1v) is 7.99. The van der Waals surface area contributed by atoms with Crippen molar-refractivity contribution in [1.29, 1.82) is 0 Å². The van der Waals surface area contributed by atoms with E-state index >= 15 is 0 Å². The number of aromatic nitrogens is 2. The van der Waals surface area contributed by atoms with E-state index in [1.165, 1.54) is 30.4 Å². The SMILES string of the molecule is CCCCc1ccc(C(C)NCCc2ccn(C)n2)cc1. The fourth-order valence-electron chi connectivity index (χ4n) is 2.48. The lowest BCUT2D eigenvalue weighted by molar-refractivity contribution is 0.571. The molecule has 3 heteroatoms. The van der Waals surface area contributed by atoms with Crippen LogP contribution in [0.15, 0.2) is 36.5 Å². The summed E-state index contributed by atoms with van der Waals surface area (Å²) in [4.78, 5) is 0. The quantitative estimate of drug-likeness (QED) is 0.802. The second-order valence-electron chi connectivity index (χ2n) is 5.75. The standard InChI is InChI=1S/C18H27N3/c1-4-5-6-16-7-9-17(10-8-16)15(2)19-13-11-18-12-14-21(3)20-18/h7-10,12,14-15,19H,4-6,11,13H2,1-3H3. The molecular formula is C18H27N3. The number of unbranched alkanes of at least 4 members (excludes halogenated alkanes) is 1. The van der Waals surface area contributed by atoms with Gasteiger partial charge in [-0.1, -0.05) is 37.6 Å². The highest BCUT2D eigenvalue weighted by Gasteiger charge is 2.05. The van der Waals surface area contributed by atoms with Gasteiger partial charge in [0, 0.05) is 32.3 Å². The van der Waals surface area contributed by atoms with Gasteiger partial charge in [0.1, 0.15) is 0 Å². The summed E-state index contributed by atoms with van der Waals surface area (Å²) in [7, 11) is 1.96. The third-order valence-corrected chi connectivity index (χ3v) is 3.90. The zero-order valence-electron chi connectivity index (χ0n) is 13.5. The van der Waals surface area contributed by atoms with E-state index in [9.17, 15) is 0 Å². The third kappa shape index (κ3) is 5.01. The van der Waals surface area contributed by atoms with E-state index in [0.717, 1.165) is 18.7 Å². The number of aryl methyl sites for hydroxylation is 2. The van der Waals surface area contributed by atoms with Crippen LogP contribution in [0.5, 0.6) is 0 Å². The van der Waals surface area contributed by atoms with Gasteiger partial charge in [0.05, 0.1) is 5.69 Å². The normalized spacial score (nSPS) is 12.5. The van der Waals surface area contributed by atoms with Gasteiger partial charge < -0.3 is 5.32 Å². The molecular weight excluding hydrogens is 258 g/mol. The van der Waals surface area contributed by atoms with E-state index in [1.807, 2.05) is 17.9 Å². The molecule has 0 aliphatic heterocycles. The van der Waals surface area contributed by atoms with Crippen molar-refractivity contribution >= 4 is 0 Å². The first kappa shape index (κ1) is 15.8. The molecule has 0 aliphatic rings. The largest absolute Gasteiger partial charge is 0.310 e. The summed E-state index contributed by atoms with van der Waals surface area (Å²) in [5.41, 5.74) is 3.95. The van der Waals surface area contributed by atoms with Crippen molar-refractivity contribution in [2.24, 2.45) is 7.05 Å². The number of hydrogen-bond acceptors (Lipinski definition) is 2. The second-order valence-corrected chi connectivity index (χ2v) is 5.75. The summed E-state index contributed by atoms with van der Waals surface area (Å²) in [5.74, 6) is 0. The summed E-state index contributed by atoms with van der Waals surface area (Å²) < 4.78 is 1.85. The van der Waals surface area contributed by atoms with Crippen LogP contribution in [0.25, 0.3) is 0 Å². The van der Waals surface area contributed by atoms with Crippen LogP contribution in [-0.2, 0) is 19.9 Å². The molecule has 1 N–H and O–H groups in total. The molecule has 0 bridgehead atoms. The molecule has 2 aromatic rings. The van der Waals surface area contributed by atoms with Gasteiger partial charge in [-0.15, -0.1) is 0 Å². The highest BCUT2D eigenvalue weighted by molar-refractivity contribution is 5.24. The highest BCUT2D eigenvalue weighted by Crippen LogP contribution is 2.14. The molecule has 21 heavy (non-hydrogen) atoms. The Hall–Kier alpha value is -1.61. The highest BCUT2D eigenvalue weighted by atomic mass is 15.2. The van der Waals surface area contributed by atoms with E-state index in [4.69, 9.17) is 0 Å². The van der Waals surface area contributed by atoms with Crippen LogP contribution in [0.4, 0.5) is 0 Å². The first-order chi connectivity index (χ1) is 10.2. The van der Waals surface area contributed by atoms with Crippen LogP contribution in [0, 0.1) is 0 Å². The van der Waals surface area contributed by atoms with Crippen LogP contribution in [-0.4, -0.2) is 16.3 Å². The van der Waals surface area contributed by atoms with Gasteiger partial charge in [-0.05, 0) is 37.0 Å². The number of rotatable bonds is 8. The molecule has 114 valence electrons. The molecule has 0 saturated carbocycles. The molecule has 1 aromatic heterocycles. The number of hydrogen-bond donors (Lipinski definition) is 1. The molecule has 1 heterocycles. The zero-order chi connectivity index (χ0) is 15.1. The van der Waals surface area contributed by atoms with E-state index < -0.39 is 0 Å². The lowest BCUT2D eigenvalue weighted by Crippen LogP contribution is -2.21. The van der Waals surface area contributed by atoms with Crippen LogP contribution in [0.3, 0.4) is 0 Å². The molecule has 1 unspecified atom stereocenters. The molecule has 0 radical (unpaired) electrons. The van der Waals surface area contributed by atoms with E-state index in [2.05, 4.69) is 54.6 Å². The summed E-state index contributed by atoms with van der Waals surface area (Å²) in [6.45, 7) is 5.41. The molecule has 3 nitrogen and oxygen atoms in total. The minimum atomic E-state index is 0.383. The molecule has 0 amide bonds. The lowest BCUT2D eigenvalue weighted by Gasteiger charge is -2.14. The molecule has 0 spiro atoms. The van der Waals surface area contributed by atoms with Crippen LogP contribution >= 0.6 is 0 Å². The maximum atomic E-state index is 4.40. The van der Waals surface area contributed by atoms with Gasteiger partial charge in [0.25, 0.3) is 0 Å². The Morgan fingerprint density at radius 1 is 1.14 bits per heavy atom. The van der Waals surface area contributed by atoms with Gasteiger partial charge in [-0.3, -0.25) is 4.68 Å². The minimum absolute atomic E-state index is 0.383. The van der Waals surface area contributed by atoms with E-state index in [1.54, 1.807) is 0 Å². The lowest BCUT2D eigenvalue weighted by atomic mass is 10.0. The zero-order valence-corrected chi connectivity index (χ0v) is 13.5. The summed E-state index contributed by atoms with van der Waals surface area (Å²) >= 11 is 0. The smallest absolute Gasteiger partial charge is 0.0637 e. The fraction of sp³-hybridized carbons (Fsp3) is 0.500. The van der Waals surface area contributed by atoms with Gasteiger partial charge in [-0.25, -0.2) is 0 Å². The topological polar surface area (TPSA) is 29.9 Å². The second kappa shape index (κ2) is 7.99. The van der Waals surface area contributed by atoms with E-state index in [0.29, 0.717) is 6.04 Å². The van der Waals surface area contributed by atoms with Crippen molar-refractivity contribution < 1.29 is 0 Å². The van der Waals surface area contributed by atoms with Gasteiger partial charge in [0.15, 0.2) is 0 Å². The molecule has 0 saturated heterocycles. The van der Waals surface area contributed by atoms with Gasteiger partial charge >= 0.3 is 0 Å². The Labute approximate surface area is 128 Å². The Morgan fingerprint density at radius 3 is 2.52 bits per heavy atom. The molecule has 1 aromatic carbocycles. The summed E-state index contributed by atoms with van der Waals surface area (Å²) in [6, 6.07) is 11.5. The average molecular weight is 285 g/mol. The maximum Gasteiger partial charge on any atom is 0.0637 e. The van der Waals surface area contributed by atoms with Crippen LogP contribution < -0.4 is 5.32 Å². The van der Waals surface area contributed by atoms with Crippen molar-refractivity contribution in [3.8, 4) is 0 Å². The van der Waals surface area contributed by atoms with Crippen molar-refractivity contribution in [1.82, 2.24) is 15.1 Å². The van der Waals surface area contributed by atoms with Crippen LogP contribution in [0.2, 0.25) is 0 Å². The van der Waals surface area contributed by atoms with E-state index in [-0.39, 0.29) is 0 Å². The molecule has 0 fully saturated rings. The third-order valence-electron chi connectivity index (χ3n) is 3.90. The number of nitrogens with zero attached hydrogens (tertiary/aromatic N) is 2. The van der Waals surface area contributed by atoms with Crippen LogP contribution in [0.1, 0.15) is 49.6 Å². The maximum absolute atomic E-state index is 4.40. The van der Waals surface area contributed by atoms with Gasteiger partial charge in [0.2, 0.25) is 0 Å². The van der Waals surface area contributed by atoms with Gasteiger partial charge in [-0.2, -0.15) is 5.10 Å². The molecule has 2 rings (SSSR count). The average Bonchev–Trinajstić information content (AvgIpc) is 2.91. The van der Waals surface area contributed by atoms with Crippen molar-refractivity contribution in [2.45, 2.75) is 45.6 Å². The first-order valence-electron chi connectivity index (χ1n) is 7.99. The van der Waals surface area contributed by atoms with Crippen molar-refractivity contribution in [2.75, 3.05) is 6.54 Å². The van der Waals surface area contributed by atoms with Crippen molar-refractivity contribution in [3.05, 3.63) is 53.3 Å². The molecule has 0 aliphatic carbocycles. The Kier molecular flexibility index (Phi) is 6.00. The Bertz CT molecular complexity index is 528. The number of nitrogens with one attached hydrogen (secondary N) is 1. The Morgan fingerprint density at radius 2 is 1.90 bits per heavy atom. The fourth-order valence-corrected chi connectivity index (χ4v) is 2.48. The predicted octanol–water partition coefficient (Wildman–Crippen LogP) is 3.66. The van der Waals surface area contributed by atoms with Crippen molar-refractivity contribution in [3.63, 3.8) is 0 Å². The minimum Gasteiger partial charge on any atom is -0.310 e. The number of benzene rings is 1. The summed E-state index contributed by atoms with van der Waals surface area (Å²) in [6.07, 6.45) is 6.69.